The molecule has 0 aliphatic rings. The normalized spacial score (nSPS) is 10.6. The predicted octanol–water partition coefficient (Wildman–Crippen LogP) is 5.21. The van der Waals surface area contributed by atoms with Gasteiger partial charge in [0, 0.05) is 18.0 Å². The van der Waals surface area contributed by atoms with E-state index in [1.54, 1.807) is 12.4 Å². The Morgan fingerprint density at radius 2 is 1.77 bits per heavy atom. The van der Waals surface area contributed by atoms with Gasteiger partial charge in [0.15, 0.2) is 5.82 Å². The second kappa shape index (κ2) is 7.15. The first-order chi connectivity index (χ1) is 12.8. The Labute approximate surface area is 151 Å². The van der Waals surface area contributed by atoms with E-state index in [1.807, 2.05) is 66.7 Å². The molecule has 0 aliphatic heterocycles. The summed E-state index contributed by atoms with van der Waals surface area (Å²) >= 11 is 0. The lowest BCUT2D eigenvalue weighted by Gasteiger charge is -2.12. The molecule has 4 heteroatoms. The summed E-state index contributed by atoms with van der Waals surface area (Å²) in [6.45, 7) is 3.82. The van der Waals surface area contributed by atoms with Crippen LogP contribution in [0, 0.1) is 0 Å². The first-order valence-corrected chi connectivity index (χ1v) is 8.39. The van der Waals surface area contributed by atoms with Gasteiger partial charge in [-0.25, -0.2) is 4.98 Å². The molecular formula is C22H17N3O. The van der Waals surface area contributed by atoms with E-state index in [4.69, 9.17) is 4.74 Å². The van der Waals surface area contributed by atoms with E-state index < -0.39 is 0 Å². The van der Waals surface area contributed by atoms with Gasteiger partial charge in [-0.2, -0.15) is 4.98 Å². The SMILES string of the molecule is C=CCc1ccccc1Oc1nc(-c2cccnc2)nc2ccccc12. The van der Waals surface area contributed by atoms with Crippen molar-refractivity contribution in [3.05, 3.63) is 91.3 Å². The molecule has 0 bridgehead atoms. The van der Waals surface area contributed by atoms with Gasteiger partial charge in [-0.15, -0.1) is 6.58 Å². The van der Waals surface area contributed by atoms with Crippen molar-refractivity contribution >= 4 is 10.9 Å². The Morgan fingerprint density at radius 3 is 2.62 bits per heavy atom. The molecule has 4 aromatic rings. The second-order valence-electron chi connectivity index (χ2n) is 5.81. The highest BCUT2D eigenvalue weighted by molar-refractivity contribution is 5.85. The van der Waals surface area contributed by atoms with Gasteiger partial charge in [0.1, 0.15) is 5.75 Å². The second-order valence-corrected chi connectivity index (χ2v) is 5.81. The molecule has 0 saturated heterocycles. The van der Waals surface area contributed by atoms with Gasteiger partial charge in [-0.1, -0.05) is 36.4 Å². The van der Waals surface area contributed by atoms with Gasteiger partial charge in [0.25, 0.3) is 0 Å². The zero-order chi connectivity index (χ0) is 17.8. The van der Waals surface area contributed by atoms with Crippen molar-refractivity contribution in [3.63, 3.8) is 0 Å². The van der Waals surface area contributed by atoms with Crippen LogP contribution >= 0.6 is 0 Å². The first-order valence-electron chi connectivity index (χ1n) is 8.39. The third-order valence-corrected chi connectivity index (χ3v) is 4.03. The Morgan fingerprint density at radius 1 is 0.923 bits per heavy atom. The zero-order valence-electron chi connectivity index (χ0n) is 14.2. The molecule has 0 amide bonds. The van der Waals surface area contributed by atoms with Crippen LogP contribution < -0.4 is 4.74 Å². The van der Waals surface area contributed by atoms with E-state index in [-0.39, 0.29) is 0 Å². The first kappa shape index (κ1) is 16.0. The molecule has 0 aliphatic carbocycles. The lowest BCUT2D eigenvalue weighted by Crippen LogP contribution is -1.98. The molecule has 0 spiro atoms. The van der Waals surface area contributed by atoms with Gasteiger partial charge in [-0.3, -0.25) is 4.98 Å². The molecule has 2 heterocycles. The zero-order valence-corrected chi connectivity index (χ0v) is 14.2. The van der Waals surface area contributed by atoms with Crippen LogP contribution in [0.1, 0.15) is 5.56 Å². The van der Waals surface area contributed by atoms with Gasteiger partial charge in [-0.05, 0) is 42.3 Å². The van der Waals surface area contributed by atoms with Crippen molar-refractivity contribution in [1.82, 2.24) is 15.0 Å². The highest BCUT2D eigenvalue weighted by Crippen LogP contribution is 2.31. The van der Waals surface area contributed by atoms with Crippen LogP contribution in [0.25, 0.3) is 22.3 Å². The van der Waals surface area contributed by atoms with Crippen molar-refractivity contribution in [2.45, 2.75) is 6.42 Å². The molecular weight excluding hydrogens is 322 g/mol. The molecule has 4 rings (SSSR count). The molecule has 0 saturated carbocycles. The quantitative estimate of drug-likeness (QED) is 0.468. The van der Waals surface area contributed by atoms with Crippen LogP contribution in [0.5, 0.6) is 11.6 Å². The molecule has 126 valence electrons. The van der Waals surface area contributed by atoms with E-state index in [9.17, 15) is 0 Å². The van der Waals surface area contributed by atoms with Crippen molar-refractivity contribution in [3.8, 4) is 23.0 Å². The summed E-state index contributed by atoms with van der Waals surface area (Å²) in [4.78, 5) is 13.5. The number of fused-ring (bicyclic) bond motifs is 1. The maximum Gasteiger partial charge on any atom is 0.230 e. The average molecular weight is 339 g/mol. The Hall–Kier alpha value is -3.53. The summed E-state index contributed by atoms with van der Waals surface area (Å²) in [6.07, 6.45) is 6.07. The lowest BCUT2D eigenvalue weighted by atomic mass is 10.1. The highest BCUT2D eigenvalue weighted by Gasteiger charge is 2.12. The molecule has 2 aromatic heterocycles. The number of ether oxygens (including phenoxy) is 1. The summed E-state index contributed by atoms with van der Waals surface area (Å²) in [6, 6.07) is 19.6. The van der Waals surface area contributed by atoms with Gasteiger partial charge in [0.2, 0.25) is 5.88 Å². The van der Waals surface area contributed by atoms with Crippen LogP contribution in [0.2, 0.25) is 0 Å². The Kier molecular flexibility index (Phi) is 4.39. The number of nitrogens with zero attached hydrogens (tertiary/aromatic N) is 3. The molecule has 0 radical (unpaired) electrons. The molecule has 0 unspecified atom stereocenters. The number of hydrogen-bond donors (Lipinski definition) is 0. The number of para-hydroxylation sites is 2. The van der Waals surface area contributed by atoms with E-state index >= 15 is 0 Å². The highest BCUT2D eigenvalue weighted by atomic mass is 16.5. The molecule has 26 heavy (non-hydrogen) atoms. The fourth-order valence-electron chi connectivity index (χ4n) is 2.78. The number of hydrogen-bond acceptors (Lipinski definition) is 4. The third kappa shape index (κ3) is 3.17. The van der Waals surface area contributed by atoms with Crippen molar-refractivity contribution in [1.29, 1.82) is 0 Å². The summed E-state index contributed by atoms with van der Waals surface area (Å²) in [5.41, 5.74) is 2.74. The van der Waals surface area contributed by atoms with Crippen molar-refractivity contribution < 1.29 is 4.74 Å². The Bertz CT molecular complexity index is 1060. The summed E-state index contributed by atoms with van der Waals surface area (Å²) in [5.74, 6) is 1.90. The summed E-state index contributed by atoms with van der Waals surface area (Å²) in [5, 5.41) is 0.869. The van der Waals surface area contributed by atoms with Crippen LogP contribution in [-0.4, -0.2) is 15.0 Å². The minimum absolute atomic E-state index is 0.533. The smallest absolute Gasteiger partial charge is 0.230 e. The van der Waals surface area contributed by atoms with Crippen LogP contribution in [0.3, 0.4) is 0 Å². The summed E-state index contributed by atoms with van der Waals surface area (Å²) < 4.78 is 6.22. The number of aromatic nitrogens is 3. The fourth-order valence-corrected chi connectivity index (χ4v) is 2.78. The predicted molar refractivity (Wildman–Crippen MR) is 103 cm³/mol. The molecule has 0 fully saturated rings. The number of rotatable bonds is 5. The number of pyridine rings is 1. The van der Waals surface area contributed by atoms with Gasteiger partial charge in [0.05, 0.1) is 10.9 Å². The van der Waals surface area contributed by atoms with E-state index in [2.05, 4.69) is 21.5 Å². The minimum atomic E-state index is 0.533. The maximum absolute atomic E-state index is 6.22. The molecule has 0 atom stereocenters. The Balaban J connectivity index is 1.85. The topological polar surface area (TPSA) is 47.9 Å². The number of benzene rings is 2. The minimum Gasteiger partial charge on any atom is -0.438 e. The maximum atomic E-state index is 6.22. The monoisotopic (exact) mass is 339 g/mol. The fraction of sp³-hybridized carbons (Fsp3) is 0.0455. The average Bonchev–Trinajstić information content (AvgIpc) is 2.70. The molecule has 2 aromatic carbocycles. The van der Waals surface area contributed by atoms with E-state index in [1.165, 1.54) is 0 Å². The largest absolute Gasteiger partial charge is 0.438 e. The van der Waals surface area contributed by atoms with Gasteiger partial charge < -0.3 is 4.74 Å². The molecule has 4 nitrogen and oxygen atoms in total. The van der Waals surface area contributed by atoms with Crippen molar-refractivity contribution in [2.24, 2.45) is 0 Å². The number of allylic oxidation sites excluding steroid dienone is 1. The van der Waals surface area contributed by atoms with Gasteiger partial charge >= 0.3 is 0 Å². The molecule has 0 N–H and O–H groups in total. The summed E-state index contributed by atoms with van der Waals surface area (Å²) in [7, 11) is 0. The van der Waals surface area contributed by atoms with Crippen LogP contribution in [-0.2, 0) is 6.42 Å². The third-order valence-electron chi connectivity index (χ3n) is 4.03. The lowest BCUT2D eigenvalue weighted by molar-refractivity contribution is 0.464. The standard InChI is InChI=1S/C22H17N3O/c1-2-8-16-9-3-6-13-20(16)26-22-18-11-4-5-12-19(18)24-21(25-22)17-10-7-14-23-15-17/h2-7,9-15H,1,8H2. The van der Waals surface area contributed by atoms with Crippen LogP contribution in [0.4, 0.5) is 0 Å². The van der Waals surface area contributed by atoms with E-state index in [0.717, 1.165) is 34.2 Å². The van der Waals surface area contributed by atoms with Crippen LogP contribution in [0.15, 0.2) is 85.7 Å². The van der Waals surface area contributed by atoms with Crippen molar-refractivity contribution in [2.75, 3.05) is 0 Å². The van der Waals surface area contributed by atoms with E-state index in [0.29, 0.717) is 11.7 Å².